The summed E-state index contributed by atoms with van der Waals surface area (Å²) in [6, 6.07) is 21.0. The third-order valence-electron chi connectivity index (χ3n) is 4.46. The van der Waals surface area contributed by atoms with Crippen LogP contribution in [0.15, 0.2) is 54.6 Å². The maximum Gasteiger partial charge on any atom is 0.131 e. The minimum Gasteiger partial charge on any atom is -0.492 e. The molecule has 0 saturated heterocycles. The zero-order valence-corrected chi connectivity index (χ0v) is 13.5. The molecule has 0 unspecified atom stereocenters. The Hall–Kier alpha value is -3.05. The molecule has 1 aliphatic rings. The van der Waals surface area contributed by atoms with Crippen molar-refractivity contribution >= 4 is 22.4 Å². The van der Waals surface area contributed by atoms with Gasteiger partial charge in [-0.15, -0.1) is 0 Å². The molecule has 1 aliphatic heterocycles. The monoisotopic (exact) mass is 311 g/mol. The highest BCUT2D eigenvalue weighted by Crippen LogP contribution is 2.36. The lowest BCUT2D eigenvalue weighted by atomic mass is 9.96. The summed E-state index contributed by atoms with van der Waals surface area (Å²) in [5, 5.41) is 12.1. The predicted octanol–water partition coefficient (Wildman–Crippen LogP) is 5.15. The molecular weight excluding hydrogens is 294 g/mol. The van der Waals surface area contributed by atoms with Crippen LogP contribution in [-0.2, 0) is 6.42 Å². The standard InChI is InChI=1S/C22H17NO/c1-15-11-18-9-10-24-22(18)21(12-15)19(14-23)13-17-7-4-6-16-5-2-3-8-20(16)17/h2-8,11-13H,9-10H2,1H3/b19-13+. The molecule has 0 atom stereocenters. The van der Waals surface area contributed by atoms with E-state index in [1.165, 1.54) is 10.9 Å². The Morgan fingerprint density at radius 2 is 1.96 bits per heavy atom. The first-order valence-electron chi connectivity index (χ1n) is 8.12. The van der Waals surface area contributed by atoms with E-state index in [9.17, 15) is 5.26 Å². The van der Waals surface area contributed by atoms with E-state index in [2.05, 4.69) is 43.3 Å². The number of aryl methyl sites for hydroxylation is 1. The highest BCUT2D eigenvalue weighted by molar-refractivity contribution is 5.99. The van der Waals surface area contributed by atoms with E-state index in [1.54, 1.807) is 0 Å². The van der Waals surface area contributed by atoms with Gasteiger partial charge in [-0.3, -0.25) is 0 Å². The van der Waals surface area contributed by atoms with Crippen LogP contribution in [0.4, 0.5) is 0 Å². The fraction of sp³-hybridized carbons (Fsp3) is 0.136. The van der Waals surface area contributed by atoms with E-state index in [-0.39, 0.29) is 0 Å². The number of nitrogens with zero attached hydrogens (tertiary/aromatic N) is 1. The van der Waals surface area contributed by atoms with Gasteiger partial charge in [0.1, 0.15) is 5.75 Å². The molecule has 0 aliphatic carbocycles. The van der Waals surface area contributed by atoms with Crippen LogP contribution in [0.5, 0.6) is 5.75 Å². The summed E-state index contributed by atoms with van der Waals surface area (Å²) in [5.74, 6) is 0.869. The first-order valence-corrected chi connectivity index (χ1v) is 8.12. The molecule has 0 amide bonds. The molecule has 0 spiro atoms. The van der Waals surface area contributed by atoms with Gasteiger partial charge in [-0.2, -0.15) is 5.26 Å². The molecule has 2 heteroatoms. The zero-order valence-electron chi connectivity index (χ0n) is 13.5. The summed E-state index contributed by atoms with van der Waals surface area (Å²) in [7, 11) is 0. The summed E-state index contributed by atoms with van der Waals surface area (Å²) in [5.41, 5.74) is 4.96. The molecule has 0 radical (unpaired) electrons. The number of benzene rings is 3. The van der Waals surface area contributed by atoms with Crippen LogP contribution in [-0.4, -0.2) is 6.61 Å². The van der Waals surface area contributed by atoms with Gasteiger partial charge in [-0.25, -0.2) is 0 Å². The summed E-state index contributed by atoms with van der Waals surface area (Å²) in [4.78, 5) is 0. The van der Waals surface area contributed by atoms with Crippen LogP contribution in [0.25, 0.3) is 22.4 Å². The van der Waals surface area contributed by atoms with E-state index >= 15 is 0 Å². The van der Waals surface area contributed by atoms with Crippen LogP contribution in [0, 0.1) is 18.3 Å². The lowest BCUT2D eigenvalue weighted by molar-refractivity contribution is 0.356. The second kappa shape index (κ2) is 5.86. The highest BCUT2D eigenvalue weighted by atomic mass is 16.5. The van der Waals surface area contributed by atoms with Crippen molar-refractivity contribution in [2.45, 2.75) is 13.3 Å². The van der Waals surface area contributed by atoms with Crippen molar-refractivity contribution in [1.82, 2.24) is 0 Å². The van der Waals surface area contributed by atoms with Gasteiger partial charge < -0.3 is 4.74 Å². The smallest absolute Gasteiger partial charge is 0.131 e. The van der Waals surface area contributed by atoms with Gasteiger partial charge in [0, 0.05) is 12.0 Å². The van der Waals surface area contributed by atoms with Crippen molar-refractivity contribution < 1.29 is 4.74 Å². The van der Waals surface area contributed by atoms with Gasteiger partial charge in [0.25, 0.3) is 0 Å². The number of allylic oxidation sites excluding steroid dienone is 1. The molecule has 0 N–H and O–H groups in total. The van der Waals surface area contributed by atoms with E-state index in [0.29, 0.717) is 12.2 Å². The molecule has 24 heavy (non-hydrogen) atoms. The predicted molar refractivity (Wildman–Crippen MR) is 97.8 cm³/mol. The van der Waals surface area contributed by atoms with Crippen LogP contribution in [0.1, 0.15) is 22.3 Å². The number of ether oxygens (including phenoxy) is 1. The molecule has 0 bridgehead atoms. The molecule has 2 nitrogen and oxygen atoms in total. The molecule has 3 aromatic carbocycles. The Balaban J connectivity index is 1.91. The van der Waals surface area contributed by atoms with Crippen molar-refractivity contribution in [3.05, 3.63) is 76.9 Å². The zero-order chi connectivity index (χ0) is 16.5. The summed E-state index contributed by atoms with van der Waals surface area (Å²) >= 11 is 0. The molecule has 0 aromatic heterocycles. The first kappa shape index (κ1) is 14.5. The average molecular weight is 311 g/mol. The Bertz CT molecular complexity index is 1000. The van der Waals surface area contributed by atoms with Crippen molar-refractivity contribution in [2.24, 2.45) is 0 Å². The van der Waals surface area contributed by atoms with E-state index in [1.807, 2.05) is 30.3 Å². The van der Waals surface area contributed by atoms with Crippen LogP contribution in [0.3, 0.4) is 0 Å². The van der Waals surface area contributed by atoms with Crippen molar-refractivity contribution in [3.63, 3.8) is 0 Å². The lowest BCUT2D eigenvalue weighted by Gasteiger charge is -2.09. The van der Waals surface area contributed by atoms with E-state index in [4.69, 9.17) is 4.74 Å². The van der Waals surface area contributed by atoms with Crippen LogP contribution >= 0.6 is 0 Å². The molecule has 1 heterocycles. The Kier molecular flexibility index (Phi) is 3.55. The number of nitriles is 1. The maximum absolute atomic E-state index is 9.76. The fourth-order valence-electron chi connectivity index (χ4n) is 3.37. The van der Waals surface area contributed by atoms with Gasteiger partial charge in [-0.1, -0.05) is 48.5 Å². The van der Waals surface area contributed by atoms with Gasteiger partial charge in [0.2, 0.25) is 0 Å². The first-order chi connectivity index (χ1) is 11.8. The summed E-state index contributed by atoms with van der Waals surface area (Å²) < 4.78 is 5.80. The number of fused-ring (bicyclic) bond motifs is 2. The fourth-order valence-corrected chi connectivity index (χ4v) is 3.37. The molecule has 0 saturated carbocycles. The third kappa shape index (κ3) is 2.45. The largest absolute Gasteiger partial charge is 0.492 e. The Labute approximate surface area is 141 Å². The second-order valence-corrected chi connectivity index (χ2v) is 6.14. The van der Waals surface area contributed by atoms with Gasteiger partial charge in [-0.05, 0) is 46.5 Å². The second-order valence-electron chi connectivity index (χ2n) is 6.14. The maximum atomic E-state index is 9.76. The minimum absolute atomic E-state index is 0.646. The molecular formula is C22H17NO. The third-order valence-corrected chi connectivity index (χ3v) is 4.46. The SMILES string of the molecule is Cc1cc2c(c(/C(C#N)=C/c3cccc4ccccc34)c1)OCC2. The van der Waals surface area contributed by atoms with Gasteiger partial charge in [0.15, 0.2) is 0 Å². The van der Waals surface area contributed by atoms with Crippen molar-refractivity contribution in [2.75, 3.05) is 6.61 Å². The molecule has 4 rings (SSSR count). The van der Waals surface area contributed by atoms with E-state index in [0.717, 1.165) is 34.2 Å². The van der Waals surface area contributed by atoms with Crippen LogP contribution in [0.2, 0.25) is 0 Å². The summed E-state index contributed by atoms with van der Waals surface area (Å²) in [6.45, 7) is 2.76. The molecule has 3 aromatic rings. The number of hydrogen-bond acceptors (Lipinski definition) is 2. The van der Waals surface area contributed by atoms with Crippen molar-refractivity contribution in [1.29, 1.82) is 5.26 Å². The average Bonchev–Trinajstić information content (AvgIpc) is 3.07. The van der Waals surface area contributed by atoms with Crippen molar-refractivity contribution in [3.8, 4) is 11.8 Å². The lowest BCUT2D eigenvalue weighted by Crippen LogP contribution is -1.92. The van der Waals surface area contributed by atoms with Gasteiger partial charge >= 0.3 is 0 Å². The highest BCUT2D eigenvalue weighted by Gasteiger charge is 2.19. The Morgan fingerprint density at radius 3 is 2.83 bits per heavy atom. The number of hydrogen-bond donors (Lipinski definition) is 0. The molecule has 0 fully saturated rings. The minimum atomic E-state index is 0.646. The Morgan fingerprint density at radius 1 is 1.12 bits per heavy atom. The topological polar surface area (TPSA) is 33.0 Å². The van der Waals surface area contributed by atoms with Crippen LogP contribution < -0.4 is 4.74 Å². The summed E-state index contributed by atoms with van der Waals surface area (Å²) in [6.07, 6.45) is 2.88. The van der Waals surface area contributed by atoms with Gasteiger partial charge in [0.05, 0.1) is 18.2 Å². The normalized spacial score (nSPS) is 13.4. The van der Waals surface area contributed by atoms with E-state index < -0.39 is 0 Å². The quantitative estimate of drug-likeness (QED) is 0.484. The number of rotatable bonds is 2. The molecule has 116 valence electrons.